The fourth-order valence-electron chi connectivity index (χ4n) is 0.481. The summed E-state index contributed by atoms with van der Waals surface area (Å²) < 4.78 is 9.97. The smallest absolute Gasteiger partial charge is 0.321 e. The van der Waals surface area contributed by atoms with Gasteiger partial charge in [0.05, 0.1) is 0 Å². The molecule has 0 rings (SSSR count). The van der Waals surface area contributed by atoms with Crippen LogP contribution >= 0.6 is 0 Å². The molecule has 0 amide bonds. The van der Waals surface area contributed by atoms with Crippen LogP contribution in [-0.4, -0.2) is 27.5 Å². The predicted octanol–water partition coefficient (Wildman–Crippen LogP) is 1.40. The van der Waals surface area contributed by atoms with Gasteiger partial charge in [-0.1, -0.05) is 0 Å². The number of carbonyl (C=O) groups excluding carboxylic acids is 1. The van der Waals surface area contributed by atoms with Crippen LogP contribution in [-0.2, 0) is 14.0 Å². The Morgan fingerprint density at radius 3 is 2.09 bits per heavy atom. The number of methoxy groups -OCH3 is 1. The highest BCUT2D eigenvalue weighted by Gasteiger charge is 2.23. The van der Waals surface area contributed by atoms with E-state index in [2.05, 4.69) is 0 Å². The molecule has 0 aromatic rings. The maximum Gasteiger partial charge on any atom is 0.321 e. The summed E-state index contributed by atoms with van der Waals surface area (Å²) in [6, 6.07) is 0. The molecule has 0 fully saturated rings. The third-order valence-corrected chi connectivity index (χ3v) is 1.91. The van der Waals surface area contributed by atoms with Crippen molar-refractivity contribution in [2.75, 3.05) is 7.11 Å². The molecule has 0 heterocycles. The summed E-state index contributed by atoms with van der Waals surface area (Å²) in [5.41, 5.74) is 0. The van der Waals surface area contributed by atoms with Gasteiger partial charge in [-0.15, -0.1) is 0 Å². The Hall–Kier alpha value is -0.353. The zero-order chi connectivity index (χ0) is 9.07. The summed E-state index contributed by atoms with van der Waals surface area (Å²) >= 11 is 0. The molecule has 66 valence electrons. The highest BCUT2D eigenvalue weighted by atomic mass is 28.4. The molecule has 0 saturated carbocycles. The zero-order valence-electron chi connectivity index (χ0n) is 7.80. The molecular weight excluding hydrogens is 160 g/mol. The van der Waals surface area contributed by atoms with Gasteiger partial charge < -0.3 is 9.16 Å². The highest BCUT2D eigenvalue weighted by Crippen LogP contribution is 2.05. The van der Waals surface area contributed by atoms with Gasteiger partial charge in [0.25, 0.3) is 0 Å². The third-order valence-electron chi connectivity index (χ3n) is 1.09. The quantitative estimate of drug-likeness (QED) is 0.610. The topological polar surface area (TPSA) is 35.5 Å². The lowest BCUT2D eigenvalue weighted by Crippen LogP contribution is -2.34. The van der Waals surface area contributed by atoms with E-state index in [0.717, 1.165) is 0 Å². The van der Waals surface area contributed by atoms with Crippen LogP contribution < -0.4 is 0 Å². The molecule has 0 bridgehead atoms. The molecule has 0 aromatic heterocycles. The molecule has 0 aliphatic carbocycles. The maximum absolute atomic E-state index is 11.1. The molecule has 0 spiro atoms. The van der Waals surface area contributed by atoms with E-state index in [-0.39, 0.29) is 5.97 Å². The number of ether oxygens (including phenoxy) is 1. The average Bonchev–Trinajstić information content (AvgIpc) is 1.82. The molecule has 1 unspecified atom stereocenters. The van der Waals surface area contributed by atoms with E-state index >= 15 is 0 Å². The van der Waals surface area contributed by atoms with E-state index in [9.17, 15) is 4.79 Å². The fraction of sp³-hybridized carbons (Fsp3) is 0.857. The van der Waals surface area contributed by atoms with Crippen molar-refractivity contribution in [2.24, 2.45) is 0 Å². The van der Waals surface area contributed by atoms with Crippen molar-refractivity contribution >= 4 is 14.3 Å². The largest absolute Gasteiger partial charge is 0.518 e. The molecule has 0 radical (unpaired) electrons. The Labute approximate surface area is 68.8 Å². The summed E-state index contributed by atoms with van der Waals surface area (Å²) in [4.78, 5) is 11.1. The molecule has 0 saturated heterocycles. The molecule has 3 nitrogen and oxygen atoms in total. The van der Waals surface area contributed by atoms with E-state index in [1.165, 1.54) is 7.11 Å². The first-order chi connectivity index (χ1) is 4.87. The lowest BCUT2D eigenvalue weighted by molar-refractivity contribution is -0.145. The zero-order valence-corrected chi connectivity index (χ0v) is 8.80. The fourth-order valence-corrected chi connectivity index (χ4v) is 1.25. The van der Waals surface area contributed by atoms with E-state index in [4.69, 9.17) is 9.16 Å². The van der Waals surface area contributed by atoms with Crippen molar-refractivity contribution in [3.63, 3.8) is 0 Å². The molecule has 0 N–H and O–H groups in total. The highest BCUT2D eigenvalue weighted by molar-refractivity contribution is 6.71. The molecular formula is C7H16O3Si. The van der Waals surface area contributed by atoms with Gasteiger partial charge in [-0.3, -0.25) is 4.79 Å². The Balaban J connectivity index is 3.88. The summed E-state index contributed by atoms with van der Waals surface area (Å²) in [5, 5.41) is 0. The first-order valence-corrected chi connectivity index (χ1v) is 7.03. The van der Waals surface area contributed by atoms with Gasteiger partial charge in [0.2, 0.25) is 8.32 Å². The SMILES string of the molecule is COC(C)C(=O)O[Si](C)(C)C. The first-order valence-electron chi connectivity index (χ1n) is 3.62. The van der Waals surface area contributed by atoms with Gasteiger partial charge in [-0.25, -0.2) is 0 Å². The summed E-state index contributed by atoms with van der Waals surface area (Å²) in [6.45, 7) is 7.58. The minimum absolute atomic E-state index is 0.258. The first kappa shape index (κ1) is 10.6. The maximum atomic E-state index is 11.1. The molecule has 0 aromatic carbocycles. The van der Waals surface area contributed by atoms with Crippen molar-refractivity contribution in [2.45, 2.75) is 32.7 Å². The van der Waals surface area contributed by atoms with Gasteiger partial charge in [-0.2, -0.15) is 0 Å². The average molecular weight is 176 g/mol. The van der Waals surface area contributed by atoms with Crippen molar-refractivity contribution in [1.29, 1.82) is 0 Å². The number of hydrogen-bond acceptors (Lipinski definition) is 3. The van der Waals surface area contributed by atoms with E-state index in [1.54, 1.807) is 6.92 Å². The van der Waals surface area contributed by atoms with E-state index in [1.807, 2.05) is 19.6 Å². The Kier molecular flexibility index (Phi) is 3.75. The summed E-state index contributed by atoms with van der Waals surface area (Å²) in [6.07, 6.45) is -0.443. The Bertz CT molecular complexity index is 139. The van der Waals surface area contributed by atoms with Crippen LogP contribution in [0.3, 0.4) is 0 Å². The minimum atomic E-state index is -1.73. The standard InChI is InChI=1S/C7H16O3Si/c1-6(9-2)7(8)10-11(3,4)5/h6H,1-5H3. The second-order valence-corrected chi connectivity index (χ2v) is 7.84. The number of rotatable bonds is 3. The van der Waals surface area contributed by atoms with Crippen LogP contribution in [0, 0.1) is 0 Å². The minimum Gasteiger partial charge on any atom is -0.518 e. The Morgan fingerprint density at radius 1 is 1.36 bits per heavy atom. The number of hydrogen-bond donors (Lipinski definition) is 0. The van der Waals surface area contributed by atoms with Crippen LogP contribution in [0.15, 0.2) is 0 Å². The molecule has 11 heavy (non-hydrogen) atoms. The lowest BCUT2D eigenvalue weighted by Gasteiger charge is -2.19. The van der Waals surface area contributed by atoms with Crippen molar-refractivity contribution in [3.05, 3.63) is 0 Å². The van der Waals surface area contributed by atoms with E-state index < -0.39 is 14.4 Å². The van der Waals surface area contributed by atoms with Crippen molar-refractivity contribution in [3.8, 4) is 0 Å². The second kappa shape index (κ2) is 3.87. The van der Waals surface area contributed by atoms with Crippen LogP contribution in [0.5, 0.6) is 0 Å². The summed E-state index contributed by atoms with van der Waals surface area (Å²) in [5.74, 6) is -0.258. The normalized spacial score (nSPS) is 14.3. The van der Waals surface area contributed by atoms with Gasteiger partial charge in [0, 0.05) is 7.11 Å². The number of carbonyl (C=O) groups is 1. The third kappa shape index (κ3) is 4.98. The van der Waals surface area contributed by atoms with E-state index in [0.29, 0.717) is 0 Å². The van der Waals surface area contributed by atoms with Gasteiger partial charge >= 0.3 is 5.97 Å². The second-order valence-electron chi connectivity index (χ2n) is 3.41. The van der Waals surface area contributed by atoms with Gasteiger partial charge in [0.1, 0.15) is 0 Å². The molecule has 0 aliphatic heterocycles. The van der Waals surface area contributed by atoms with Gasteiger partial charge in [0.15, 0.2) is 6.10 Å². The predicted molar refractivity (Wildman–Crippen MR) is 45.9 cm³/mol. The Morgan fingerprint density at radius 2 is 1.82 bits per heavy atom. The van der Waals surface area contributed by atoms with Crippen LogP contribution in [0.1, 0.15) is 6.92 Å². The molecule has 0 aliphatic rings. The molecule has 4 heteroatoms. The van der Waals surface area contributed by atoms with Gasteiger partial charge in [-0.05, 0) is 26.6 Å². The van der Waals surface area contributed by atoms with Crippen LogP contribution in [0.4, 0.5) is 0 Å². The van der Waals surface area contributed by atoms with Crippen LogP contribution in [0.25, 0.3) is 0 Å². The van der Waals surface area contributed by atoms with Crippen molar-refractivity contribution < 1.29 is 14.0 Å². The van der Waals surface area contributed by atoms with Crippen molar-refractivity contribution in [1.82, 2.24) is 0 Å². The summed E-state index contributed by atoms with van der Waals surface area (Å²) in [7, 11) is -0.233. The monoisotopic (exact) mass is 176 g/mol. The lowest BCUT2D eigenvalue weighted by atomic mass is 10.4. The van der Waals surface area contributed by atoms with Crippen LogP contribution in [0.2, 0.25) is 19.6 Å². The molecule has 1 atom stereocenters.